The van der Waals surface area contributed by atoms with E-state index >= 15 is 0 Å². The molecule has 0 unspecified atom stereocenters. The zero-order valence-electron chi connectivity index (χ0n) is 15.8. The number of benzene rings is 2. The number of carbonyl (C=O) groups is 1. The fourth-order valence-corrected chi connectivity index (χ4v) is 3.12. The maximum absolute atomic E-state index is 13.1. The molecule has 1 heterocycles. The fourth-order valence-electron chi connectivity index (χ4n) is 2.57. The van der Waals surface area contributed by atoms with Gasteiger partial charge in [-0.2, -0.15) is 0 Å². The molecule has 0 spiro atoms. The molecule has 3 rings (SSSR count). The largest absolute Gasteiger partial charge is 0.495 e. The molecule has 3 aromatic rings. The molecule has 0 saturated heterocycles. The van der Waals surface area contributed by atoms with Crippen LogP contribution in [0, 0.1) is 12.7 Å². The van der Waals surface area contributed by atoms with E-state index in [4.69, 9.17) is 4.74 Å². The number of anilines is 2. The number of carbonyl (C=O) groups excluding carboxylic acids is 1. The van der Waals surface area contributed by atoms with Gasteiger partial charge in [-0.15, -0.1) is 5.10 Å². The molecule has 0 aliphatic heterocycles. The number of hydrogen-bond acceptors (Lipinski definition) is 6. The van der Waals surface area contributed by atoms with Crippen molar-refractivity contribution in [2.24, 2.45) is 0 Å². The molecule has 0 saturated carbocycles. The van der Waals surface area contributed by atoms with Crippen LogP contribution in [0.25, 0.3) is 5.69 Å². The van der Waals surface area contributed by atoms with Crippen LogP contribution in [-0.4, -0.2) is 42.5 Å². The van der Waals surface area contributed by atoms with E-state index in [0.29, 0.717) is 22.9 Å². The van der Waals surface area contributed by atoms with E-state index in [0.717, 1.165) is 6.26 Å². The van der Waals surface area contributed by atoms with Gasteiger partial charge in [0.05, 0.1) is 24.7 Å². The smallest absolute Gasteiger partial charge is 0.295 e. The van der Waals surface area contributed by atoms with Crippen LogP contribution in [-0.2, 0) is 10.0 Å². The summed E-state index contributed by atoms with van der Waals surface area (Å²) >= 11 is 0. The Morgan fingerprint density at radius 2 is 1.86 bits per heavy atom. The van der Waals surface area contributed by atoms with Crippen molar-refractivity contribution in [2.45, 2.75) is 6.92 Å². The molecule has 152 valence electrons. The second kappa shape index (κ2) is 7.87. The molecule has 1 aromatic heterocycles. The number of methoxy groups -OCH3 is 1. The summed E-state index contributed by atoms with van der Waals surface area (Å²) in [5.74, 6) is -0.342. The van der Waals surface area contributed by atoms with Crippen LogP contribution >= 0.6 is 0 Å². The van der Waals surface area contributed by atoms with Crippen LogP contribution in [0.4, 0.5) is 15.8 Å². The molecule has 0 bridgehead atoms. The quantitative estimate of drug-likeness (QED) is 0.634. The first kappa shape index (κ1) is 20.3. The summed E-state index contributed by atoms with van der Waals surface area (Å²) < 4.78 is 45.0. The van der Waals surface area contributed by atoms with Gasteiger partial charge in [-0.3, -0.25) is 9.52 Å². The van der Waals surface area contributed by atoms with Crippen molar-refractivity contribution in [3.8, 4) is 11.4 Å². The lowest BCUT2D eigenvalue weighted by Crippen LogP contribution is -2.15. The van der Waals surface area contributed by atoms with Crippen LogP contribution < -0.4 is 14.8 Å². The van der Waals surface area contributed by atoms with Crippen molar-refractivity contribution in [1.29, 1.82) is 0 Å². The Hall–Kier alpha value is -3.47. The van der Waals surface area contributed by atoms with Crippen molar-refractivity contribution in [1.82, 2.24) is 14.8 Å². The highest BCUT2D eigenvalue weighted by molar-refractivity contribution is 7.92. The Labute approximate surface area is 166 Å². The van der Waals surface area contributed by atoms with Gasteiger partial charge in [0.15, 0.2) is 0 Å². The van der Waals surface area contributed by atoms with Gasteiger partial charge in [0, 0.05) is 5.69 Å². The predicted octanol–water partition coefficient (Wildman–Crippen LogP) is 2.35. The first-order chi connectivity index (χ1) is 13.7. The van der Waals surface area contributed by atoms with Gasteiger partial charge in [-0.1, -0.05) is 0 Å². The number of amides is 1. The van der Waals surface area contributed by atoms with Gasteiger partial charge in [0.1, 0.15) is 17.4 Å². The summed E-state index contributed by atoms with van der Waals surface area (Å²) in [7, 11) is -2.14. The number of halogens is 1. The summed E-state index contributed by atoms with van der Waals surface area (Å²) in [4.78, 5) is 16.7. The van der Waals surface area contributed by atoms with Crippen LogP contribution in [0.3, 0.4) is 0 Å². The minimum atomic E-state index is -3.54. The number of aryl methyl sites for hydroxylation is 1. The number of nitrogens with zero attached hydrogens (tertiary/aromatic N) is 3. The molecular formula is C18H18FN5O4S. The molecule has 0 radical (unpaired) electrons. The Balaban J connectivity index is 1.84. The Morgan fingerprint density at radius 1 is 1.17 bits per heavy atom. The monoisotopic (exact) mass is 419 g/mol. The van der Waals surface area contributed by atoms with E-state index in [1.807, 2.05) is 0 Å². The summed E-state index contributed by atoms with van der Waals surface area (Å²) in [6.45, 7) is 1.66. The van der Waals surface area contributed by atoms with Gasteiger partial charge < -0.3 is 10.1 Å². The Kier molecular flexibility index (Phi) is 5.50. The van der Waals surface area contributed by atoms with E-state index in [1.165, 1.54) is 48.2 Å². The van der Waals surface area contributed by atoms with E-state index < -0.39 is 15.9 Å². The molecule has 0 aliphatic carbocycles. The molecule has 2 aromatic carbocycles. The Bertz CT molecular complexity index is 1160. The molecular weight excluding hydrogens is 401 g/mol. The summed E-state index contributed by atoms with van der Waals surface area (Å²) in [6.07, 6.45) is 1.01. The lowest BCUT2D eigenvalue weighted by Gasteiger charge is -2.12. The Morgan fingerprint density at radius 3 is 2.48 bits per heavy atom. The molecule has 9 nitrogen and oxygen atoms in total. The second-order valence-corrected chi connectivity index (χ2v) is 7.86. The van der Waals surface area contributed by atoms with Crippen LogP contribution in [0.2, 0.25) is 0 Å². The number of rotatable bonds is 6. The number of hydrogen-bond donors (Lipinski definition) is 2. The van der Waals surface area contributed by atoms with Gasteiger partial charge in [-0.05, 0) is 49.4 Å². The second-order valence-electron chi connectivity index (χ2n) is 6.11. The molecule has 0 aliphatic rings. The zero-order chi connectivity index (χ0) is 21.2. The number of nitrogens with one attached hydrogen (secondary N) is 2. The van der Waals surface area contributed by atoms with Crippen LogP contribution in [0.15, 0.2) is 42.5 Å². The average Bonchev–Trinajstić information content (AvgIpc) is 3.03. The highest BCUT2D eigenvalue weighted by atomic mass is 32.2. The third-order valence-corrected chi connectivity index (χ3v) is 4.39. The predicted molar refractivity (Wildman–Crippen MR) is 105 cm³/mol. The maximum Gasteiger partial charge on any atom is 0.295 e. The lowest BCUT2D eigenvalue weighted by molar-refractivity contribution is 0.101. The van der Waals surface area contributed by atoms with Crippen LogP contribution in [0.5, 0.6) is 5.75 Å². The van der Waals surface area contributed by atoms with Crippen molar-refractivity contribution >= 4 is 27.3 Å². The minimum absolute atomic E-state index is 0.0970. The topological polar surface area (TPSA) is 115 Å². The average molecular weight is 419 g/mol. The third kappa shape index (κ3) is 4.88. The summed E-state index contributed by atoms with van der Waals surface area (Å²) in [6, 6.07) is 10.1. The molecule has 0 atom stereocenters. The number of ether oxygens (including phenoxy) is 1. The molecule has 1 amide bonds. The highest BCUT2D eigenvalue weighted by Crippen LogP contribution is 2.28. The highest BCUT2D eigenvalue weighted by Gasteiger charge is 2.17. The third-order valence-electron chi connectivity index (χ3n) is 3.80. The van der Waals surface area contributed by atoms with Gasteiger partial charge in [0.25, 0.3) is 5.91 Å². The molecule has 11 heteroatoms. The fraction of sp³-hybridized carbons (Fsp3) is 0.167. The summed E-state index contributed by atoms with van der Waals surface area (Å²) in [5.41, 5.74) is 1.05. The van der Waals surface area contributed by atoms with Crippen molar-refractivity contribution in [2.75, 3.05) is 23.4 Å². The van der Waals surface area contributed by atoms with Crippen molar-refractivity contribution in [3.05, 3.63) is 59.9 Å². The van der Waals surface area contributed by atoms with E-state index in [9.17, 15) is 17.6 Å². The van der Waals surface area contributed by atoms with E-state index in [-0.39, 0.29) is 17.3 Å². The molecule has 2 N–H and O–H groups in total. The maximum atomic E-state index is 13.1. The molecule has 0 fully saturated rings. The van der Waals surface area contributed by atoms with Crippen molar-refractivity contribution in [3.63, 3.8) is 0 Å². The molecule has 29 heavy (non-hydrogen) atoms. The SMILES string of the molecule is COc1ccc(NC(=O)c2nc(C)n(-c3ccc(F)cc3)n2)cc1NS(C)(=O)=O. The normalized spacial score (nSPS) is 11.2. The standard InChI is InChI=1S/C18H18FN5O4S/c1-11-20-17(22-24(11)14-7-4-12(19)5-8-14)18(25)21-13-6-9-16(28-2)15(10-13)23-29(3,26)27/h4-10,23H,1-3H3,(H,21,25). The zero-order valence-corrected chi connectivity index (χ0v) is 16.6. The number of aromatic nitrogens is 3. The first-order valence-electron chi connectivity index (χ1n) is 8.33. The van der Waals surface area contributed by atoms with Crippen LogP contribution in [0.1, 0.15) is 16.4 Å². The van der Waals surface area contributed by atoms with Gasteiger partial charge >= 0.3 is 0 Å². The lowest BCUT2D eigenvalue weighted by atomic mass is 10.2. The van der Waals surface area contributed by atoms with E-state index in [2.05, 4.69) is 20.1 Å². The van der Waals surface area contributed by atoms with Gasteiger partial charge in [0.2, 0.25) is 15.8 Å². The first-order valence-corrected chi connectivity index (χ1v) is 10.2. The van der Waals surface area contributed by atoms with E-state index in [1.54, 1.807) is 13.0 Å². The summed E-state index contributed by atoms with van der Waals surface area (Å²) in [5, 5.41) is 6.77. The van der Waals surface area contributed by atoms with Crippen molar-refractivity contribution < 1.29 is 22.3 Å². The van der Waals surface area contributed by atoms with Gasteiger partial charge in [-0.25, -0.2) is 22.5 Å². The number of sulfonamides is 1. The minimum Gasteiger partial charge on any atom is -0.495 e.